The topological polar surface area (TPSA) is 68.0 Å². The molecule has 1 amide bonds. The van der Waals surface area contributed by atoms with Gasteiger partial charge < -0.3 is 11.1 Å². The summed E-state index contributed by atoms with van der Waals surface area (Å²) in [5.74, 6) is -0.343. The fourth-order valence-electron chi connectivity index (χ4n) is 2.74. The predicted octanol–water partition coefficient (Wildman–Crippen LogP) is 2.93. The van der Waals surface area contributed by atoms with Crippen molar-refractivity contribution in [2.75, 3.05) is 0 Å². The maximum atomic E-state index is 11.8. The zero-order valence-corrected chi connectivity index (χ0v) is 13.9. The molecule has 25 heavy (non-hydrogen) atoms. The Balaban J connectivity index is 1.68. The summed E-state index contributed by atoms with van der Waals surface area (Å²) < 4.78 is 0. The Hall–Kier alpha value is -2.98. The van der Waals surface area contributed by atoms with E-state index >= 15 is 0 Å². The summed E-state index contributed by atoms with van der Waals surface area (Å²) in [6.07, 6.45) is 2.36. The maximum absolute atomic E-state index is 11.8. The molecule has 0 aliphatic rings. The van der Waals surface area contributed by atoms with E-state index in [9.17, 15) is 4.79 Å². The van der Waals surface area contributed by atoms with Crippen LogP contribution in [0.5, 0.6) is 0 Å². The van der Waals surface area contributed by atoms with E-state index in [1.807, 2.05) is 66.7 Å². The third-order valence-corrected chi connectivity index (χ3v) is 4.07. The number of pyridine rings is 1. The molecule has 0 saturated heterocycles. The van der Waals surface area contributed by atoms with Gasteiger partial charge in [-0.3, -0.25) is 9.78 Å². The van der Waals surface area contributed by atoms with Gasteiger partial charge in [0.15, 0.2) is 0 Å². The Morgan fingerprint density at radius 1 is 0.960 bits per heavy atom. The van der Waals surface area contributed by atoms with Crippen LogP contribution in [0, 0.1) is 0 Å². The fraction of sp³-hybridized carbons (Fsp3) is 0.143. The number of amides is 1. The number of hydrogen-bond donors (Lipinski definition) is 2. The monoisotopic (exact) mass is 331 g/mol. The average molecular weight is 331 g/mol. The summed E-state index contributed by atoms with van der Waals surface area (Å²) in [6.45, 7) is 0.571. The largest absolute Gasteiger partial charge is 0.368 e. The van der Waals surface area contributed by atoms with Crippen LogP contribution in [0.2, 0.25) is 0 Å². The van der Waals surface area contributed by atoms with E-state index in [1.165, 1.54) is 0 Å². The molecule has 2 aromatic carbocycles. The van der Waals surface area contributed by atoms with E-state index in [1.54, 1.807) is 6.20 Å². The third-order valence-electron chi connectivity index (χ3n) is 4.07. The van der Waals surface area contributed by atoms with Crippen LogP contribution >= 0.6 is 0 Å². The normalized spacial score (nSPS) is 11.8. The van der Waals surface area contributed by atoms with Crippen molar-refractivity contribution in [1.29, 1.82) is 0 Å². The second-order valence-electron chi connectivity index (χ2n) is 5.94. The van der Waals surface area contributed by atoms with E-state index in [2.05, 4.69) is 16.4 Å². The zero-order chi connectivity index (χ0) is 17.5. The highest BCUT2D eigenvalue weighted by Gasteiger charge is 2.15. The number of rotatable bonds is 7. The van der Waals surface area contributed by atoms with Crippen LogP contribution in [0.25, 0.3) is 11.3 Å². The number of nitrogens with two attached hydrogens (primary N) is 1. The first kappa shape index (κ1) is 16.9. The third kappa shape index (κ3) is 4.75. The second-order valence-corrected chi connectivity index (χ2v) is 5.94. The predicted molar refractivity (Wildman–Crippen MR) is 99.6 cm³/mol. The van der Waals surface area contributed by atoms with Crippen LogP contribution in [0.1, 0.15) is 11.1 Å². The van der Waals surface area contributed by atoms with Gasteiger partial charge >= 0.3 is 0 Å². The zero-order valence-electron chi connectivity index (χ0n) is 13.9. The number of primary amides is 1. The summed E-state index contributed by atoms with van der Waals surface area (Å²) in [5.41, 5.74) is 9.71. The number of hydrogen-bond acceptors (Lipinski definition) is 3. The molecule has 0 spiro atoms. The van der Waals surface area contributed by atoms with Crippen molar-refractivity contribution in [3.05, 3.63) is 90.1 Å². The first-order chi connectivity index (χ1) is 12.2. The van der Waals surface area contributed by atoms with Crippen molar-refractivity contribution >= 4 is 5.91 Å². The highest BCUT2D eigenvalue weighted by atomic mass is 16.1. The number of carbonyl (C=O) groups is 1. The molecule has 0 aliphatic carbocycles. The summed E-state index contributed by atoms with van der Waals surface area (Å²) in [7, 11) is 0. The number of aromatic nitrogens is 1. The number of carbonyl (C=O) groups excluding carboxylic acids is 1. The van der Waals surface area contributed by atoms with Crippen molar-refractivity contribution in [1.82, 2.24) is 10.3 Å². The molecule has 0 fully saturated rings. The van der Waals surface area contributed by atoms with Gasteiger partial charge in [-0.25, -0.2) is 0 Å². The SMILES string of the molecule is NC(=O)[C@H](Cc1ccccc1)NCc1cccc(-c2ccccn2)c1. The molecule has 0 radical (unpaired) electrons. The minimum atomic E-state index is -0.402. The van der Waals surface area contributed by atoms with E-state index in [0.717, 1.165) is 22.4 Å². The van der Waals surface area contributed by atoms with Crippen molar-refractivity contribution in [3.8, 4) is 11.3 Å². The molecule has 3 aromatic rings. The van der Waals surface area contributed by atoms with Crippen LogP contribution < -0.4 is 11.1 Å². The molecule has 3 rings (SSSR count). The van der Waals surface area contributed by atoms with E-state index in [0.29, 0.717) is 13.0 Å². The Morgan fingerprint density at radius 3 is 2.44 bits per heavy atom. The second kappa shape index (κ2) is 8.22. The summed E-state index contributed by atoms with van der Waals surface area (Å²) in [6, 6.07) is 23.5. The Morgan fingerprint density at radius 2 is 1.72 bits per heavy atom. The van der Waals surface area contributed by atoms with Gasteiger partial charge in [0.05, 0.1) is 11.7 Å². The molecule has 1 atom stereocenters. The quantitative estimate of drug-likeness (QED) is 0.699. The first-order valence-corrected chi connectivity index (χ1v) is 8.29. The lowest BCUT2D eigenvalue weighted by molar-refractivity contribution is -0.120. The van der Waals surface area contributed by atoms with Crippen LogP contribution in [-0.4, -0.2) is 16.9 Å². The lowest BCUT2D eigenvalue weighted by Gasteiger charge is -2.16. The van der Waals surface area contributed by atoms with Gasteiger partial charge in [-0.05, 0) is 35.7 Å². The van der Waals surface area contributed by atoms with Gasteiger partial charge in [-0.1, -0.05) is 54.6 Å². The minimum absolute atomic E-state index is 0.343. The van der Waals surface area contributed by atoms with Gasteiger partial charge in [0.25, 0.3) is 0 Å². The minimum Gasteiger partial charge on any atom is -0.368 e. The lowest BCUT2D eigenvalue weighted by atomic mass is 10.0. The number of nitrogens with one attached hydrogen (secondary N) is 1. The van der Waals surface area contributed by atoms with Crippen molar-refractivity contribution in [3.63, 3.8) is 0 Å². The Kier molecular flexibility index (Phi) is 5.54. The molecule has 0 bridgehead atoms. The van der Waals surface area contributed by atoms with Crippen LogP contribution in [-0.2, 0) is 17.8 Å². The van der Waals surface area contributed by atoms with E-state index in [4.69, 9.17) is 5.73 Å². The summed E-state index contributed by atoms with van der Waals surface area (Å²) in [4.78, 5) is 16.1. The van der Waals surface area contributed by atoms with E-state index < -0.39 is 6.04 Å². The molecule has 0 unspecified atom stereocenters. The van der Waals surface area contributed by atoms with Gasteiger partial charge in [0, 0.05) is 18.3 Å². The maximum Gasteiger partial charge on any atom is 0.234 e. The van der Waals surface area contributed by atoms with E-state index in [-0.39, 0.29) is 5.91 Å². The molecule has 4 nitrogen and oxygen atoms in total. The molecule has 4 heteroatoms. The van der Waals surface area contributed by atoms with Gasteiger partial charge in [0.2, 0.25) is 5.91 Å². The molecule has 1 heterocycles. The molecule has 0 saturated carbocycles. The highest BCUT2D eigenvalue weighted by molar-refractivity contribution is 5.80. The number of nitrogens with zero attached hydrogens (tertiary/aromatic N) is 1. The Labute approximate surface area is 147 Å². The van der Waals surface area contributed by atoms with Crippen molar-refractivity contribution in [2.24, 2.45) is 5.73 Å². The van der Waals surface area contributed by atoms with Gasteiger partial charge in [-0.15, -0.1) is 0 Å². The lowest BCUT2D eigenvalue weighted by Crippen LogP contribution is -2.42. The highest BCUT2D eigenvalue weighted by Crippen LogP contribution is 2.17. The molecule has 126 valence electrons. The van der Waals surface area contributed by atoms with Crippen LogP contribution in [0.15, 0.2) is 79.0 Å². The smallest absolute Gasteiger partial charge is 0.234 e. The number of benzene rings is 2. The molecule has 0 aliphatic heterocycles. The molecular formula is C21H21N3O. The summed E-state index contributed by atoms with van der Waals surface area (Å²) in [5, 5.41) is 3.27. The van der Waals surface area contributed by atoms with Crippen molar-refractivity contribution in [2.45, 2.75) is 19.0 Å². The Bertz CT molecular complexity index is 819. The van der Waals surface area contributed by atoms with Crippen molar-refractivity contribution < 1.29 is 4.79 Å². The standard InChI is InChI=1S/C21H21N3O/c22-21(25)20(14-16-7-2-1-3-8-16)24-15-17-9-6-10-18(13-17)19-11-4-5-12-23-19/h1-13,20,24H,14-15H2,(H2,22,25)/t20-/m0/s1. The first-order valence-electron chi connectivity index (χ1n) is 8.29. The van der Waals surface area contributed by atoms with Crippen LogP contribution in [0.3, 0.4) is 0 Å². The summed E-state index contributed by atoms with van der Waals surface area (Å²) >= 11 is 0. The van der Waals surface area contributed by atoms with Gasteiger partial charge in [0.1, 0.15) is 0 Å². The molecule has 3 N–H and O–H groups in total. The molecular weight excluding hydrogens is 310 g/mol. The van der Waals surface area contributed by atoms with Crippen LogP contribution in [0.4, 0.5) is 0 Å². The van der Waals surface area contributed by atoms with Gasteiger partial charge in [-0.2, -0.15) is 0 Å². The fourth-order valence-corrected chi connectivity index (χ4v) is 2.74. The average Bonchev–Trinajstić information content (AvgIpc) is 2.66. The molecule has 1 aromatic heterocycles.